The minimum Gasteiger partial charge on any atom is -0.357 e. The Balaban J connectivity index is 0.00000289. The van der Waals surface area contributed by atoms with Crippen LogP contribution < -0.4 is 15.5 Å². The first kappa shape index (κ1) is 25.2. The highest BCUT2D eigenvalue weighted by Gasteiger charge is 2.26. The molecular formula is C23H34FIN6S. The van der Waals surface area contributed by atoms with Crippen molar-refractivity contribution in [3.63, 3.8) is 0 Å². The van der Waals surface area contributed by atoms with Gasteiger partial charge in [0.15, 0.2) is 17.6 Å². The Bertz CT molecular complexity index is 841. The van der Waals surface area contributed by atoms with Crippen LogP contribution in [0, 0.1) is 11.7 Å². The van der Waals surface area contributed by atoms with Gasteiger partial charge in [0.05, 0.1) is 0 Å². The summed E-state index contributed by atoms with van der Waals surface area (Å²) in [5.41, 5.74) is 0. The van der Waals surface area contributed by atoms with Crippen LogP contribution in [-0.2, 0) is 6.54 Å². The Morgan fingerprint density at radius 3 is 2.78 bits per heavy atom. The number of aliphatic imine (C=N–C) groups is 1. The monoisotopic (exact) mass is 572 g/mol. The number of piperidine rings is 1. The van der Waals surface area contributed by atoms with Gasteiger partial charge in [-0.25, -0.2) is 9.37 Å². The normalized spacial score (nSPS) is 20.2. The number of rotatable bonds is 7. The number of pyridine rings is 1. The van der Waals surface area contributed by atoms with Crippen molar-refractivity contribution in [3.8, 4) is 0 Å². The van der Waals surface area contributed by atoms with Gasteiger partial charge in [0.25, 0.3) is 0 Å². The maximum absolute atomic E-state index is 14.0. The number of likely N-dealkylation sites (tertiary alicyclic amines) is 1. The largest absolute Gasteiger partial charge is 0.357 e. The van der Waals surface area contributed by atoms with Gasteiger partial charge in [-0.1, -0.05) is 6.07 Å². The van der Waals surface area contributed by atoms with Crippen LogP contribution in [0.25, 0.3) is 0 Å². The minimum atomic E-state index is -0.255. The standard InChI is InChI=1S/C23H33FN6S.HI/c1-2-25-23(28-19-9-13-30(16-19)22-21(24)6-3-10-26-22)27-15-18-7-11-29(12-8-18)17-20-5-4-14-31-20;/h3-6,10,14,18-19H,2,7-9,11-13,15-17H2,1H3,(H2,25,27,28);1H. The third-order valence-electron chi connectivity index (χ3n) is 6.09. The molecule has 2 aromatic heterocycles. The first-order valence-electron chi connectivity index (χ1n) is 11.4. The molecule has 0 bridgehead atoms. The topological polar surface area (TPSA) is 55.8 Å². The lowest BCUT2D eigenvalue weighted by Crippen LogP contribution is -2.45. The third kappa shape index (κ3) is 7.02. The zero-order valence-electron chi connectivity index (χ0n) is 18.7. The molecule has 4 rings (SSSR count). The van der Waals surface area contributed by atoms with Crippen molar-refractivity contribution >= 4 is 47.1 Å². The number of aromatic nitrogens is 1. The summed E-state index contributed by atoms with van der Waals surface area (Å²) in [6.45, 7) is 8.68. The summed E-state index contributed by atoms with van der Waals surface area (Å²) in [5, 5.41) is 9.08. The summed E-state index contributed by atoms with van der Waals surface area (Å²) in [6.07, 6.45) is 4.99. The SMILES string of the molecule is CCNC(=NCC1CCN(Cc2cccs2)CC1)NC1CCN(c2ncccc2F)C1.I. The molecule has 2 fully saturated rings. The molecule has 6 nitrogen and oxygen atoms in total. The number of hydrogen-bond acceptors (Lipinski definition) is 5. The molecule has 0 amide bonds. The summed E-state index contributed by atoms with van der Waals surface area (Å²) >= 11 is 1.84. The second-order valence-corrected chi connectivity index (χ2v) is 9.44. The predicted octanol–water partition coefficient (Wildman–Crippen LogP) is 3.95. The fraction of sp³-hybridized carbons (Fsp3) is 0.565. The van der Waals surface area contributed by atoms with Gasteiger partial charge < -0.3 is 15.5 Å². The number of hydrogen-bond donors (Lipinski definition) is 2. The number of halogens is 2. The maximum atomic E-state index is 14.0. The Hall–Kier alpha value is -1.46. The van der Waals surface area contributed by atoms with Crippen molar-refractivity contribution in [2.75, 3.05) is 44.2 Å². The van der Waals surface area contributed by atoms with Crippen molar-refractivity contribution in [1.82, 2.24) is 20.5 Å². The molecule has 0 radical (unpaired) electrons. The molecule has 176 valence electrons. The van der Waals surface area contributed by atoms with E-state index in [1.54, 1.807) is 12.3 Å². The zero-order valence-corrected chi connectivity index (χ0v) is 21.8. The highest BCUT2D eigenvalue weighted by atomic mass is 127. The average molecular weight is 573 g/mol. The molecule has 1 unspecified atom stereocenters. The highest BCUT2D eigenvalue weighted by Crippen LogP contribution is 2.22. The van der Waals surface area contributed by atoms with Crippen LogP contribution in [0.4, 0.5) is 10.2 Å². The summed E-state index contributed by atoms with van der Waals surface area (Å²) in [5.74, 6) is 1.70. The van der Waals surface area contributed by atoms with Gasteiger partial charge in [-0.3, -0.25) is 9.89 Å². The van der Waals surface area contributed by atoms with Gasteiger partial charge in [0.2, 0.25) is 0 Å². The lowest BCUT2D eigenvalue weighted by molar-refractivity contribution is 0.182. The number of anilines is 1. The van der Waals surface area contributed by atoms with Crippen LogP contribution in [0.3, 0.4) is 0 Å². The third-order valence-corrected chi connectivity index (χ3v) is 6.95. The Labute approximate surface area is 211 Å². The van der Waals surface area contributed by atoms with E-state index in [2.05, 4.69) is 45.0 Å². The lowest BCUT2D eigenvalue weighted by atomic mass is 9.97. The van der Waals surface area contributed by atoms with Gasteiger partial charge in [-0.2, -0.15) is 0 Å². The van der Waals surface area contributed by atoms with E-state index in [1.807, 2.05) is 16.2 Å². The number of nitrogens with one attached hydrogen (secondary N) is 2. The fourth-order valence-electron chi connectivity index (χ4n) is 4.36. The van der Waals surface area contributed by atoms with E-state index in [-0.39, 0.29) is 35.8 Å². The Morgan fingerprint density at radius 2 is 2.06 bits per heavy atom. The van der Waals surface area contributed by atoms with Gasteiger partial charge in [0, 0.05) is 49.8 Å². The first-order valence-corrected chi connectivity index (χ1v) is 12.2. The Morgan fingerprint density at radius 1 is 1.22 bits per heavy atom. The van der Waals surface area contributed by atoms with Gasteiger partial charge in [0.1, 0.15) is 0 Å². The van der Waals surface area contributed by atoms with Crippen LogP contribution >= 0.6 is 35.3 Å². The van der Waals surface area contributed by atoms with Crippen molar-refractivity contribution in [2.45, 2.75) is 38.8 Å². The smallest absolute Gasteiger partial charge is 0.191 e. The van der Waals surface area contributed by atoms with Crippen LogP contribution in [0.2, 0.25) is 0 Å². The van der Waals surface area contributed by atoms with E-state index < -0.39 is 0 Å². The molecule has 0 spiro atoms. The molecule has 0 aromatic carbocycles. The molecule has 2 aliphatic rings. The average Bonchev–Trinajstić information content (AvgIpc) is 3.46. The summed E-state index contributed by atoms with van der Waals surface area (Å²) in [4.78, 5) is 15.1. The molecule has 1 atom stereocenters. The van der Waals surface area contributed by atoms with E-state index in [1.165, 1.54) is 23.8 Å². The van der Waals surface area contributed by atoms with Crippen molar-refractivity contribution in [2.24, 2.45) is 10.9 Å². The van der Waals surface area contributed by atoms with Crippen LogP contribution in [0.15, 0.2) is 40.8 Å². The van der Waals surface area contributed by atoms with Crippen LogP contribution in [0.1, 0.15) is 31.1 Å². The van der Waals surface area contributed by atoms with Crippen LogP contribution in [-0.4, -0.2) is 61.2 Å². The molecule has 2 aromatic rings. The summed E-state index contributed by atoms with van der Waals surface area (Å²) in [7, 11) is 0. The minimum absolute atomic E-state index is 0. The molecule has 0 saturated carbocycles. The summed E-state index contributed by atoms with van der Waals surface area (Å²) < 4.78 is 14.0. The van der Waals surface area contributed by atoms with Crippen molar-refractivity contribution < 1.29 is 4.39 Å². The van der Waals surface area contributed by atoms with E-state index in [4.69, 9.17) is 4.99 Å². The second kappa shape index (κ2) is 12.7. The van der Waals surface area contributed by atoms with Gasteiger partial charge in [-0.05, 0) is 68.8 Å². The lowest BCUT2D eigenvalue weighted by Gasteiger charge is -2.31. The van der Waals surface area contributed by atoms with Gasteiger partial charge in [-0.15, -0.1) is 35.3 Å². The molecule has 2 aliphatic heterocycles. The van der Waals surface area contributed by atoms with E-state index >= 15 is 0 Å². The van der Waals surface area contributed by atoms with E-state index in [9.17, 15) is 4.39 Å². The molecule has 0 aliphatic carbocycles. The van der Waals surface area contributed by atoms with E-state index in [0.717, 1.165) is 58.2 Å². The van der Waals surface area contributed by atoms with Crippen molar-refractivity contribution in [3.05, 3.63) is 46.5 Å². The molecule has 2 saturated heterocycles. The number of thiophene rings is 1. The zero-order chi connectivity index (χ0) is 21.5. The molecular weight excluding hydrogens is 538 g/mol. The van der Waals surface area contributed by atoms with Crippen LogP contribution in [0.5, 0.6) is 0 Å². The van der Waals surface area contributed by atoms with Gasteiger partial charge >= 0.3 is 0 Å². The molecule has 32 heavy (non-hydrogen) atoms. The number of nitrogens with zero attached hydrogens (tertiary/aromatic N) is 4. The summed E-state index contributed by atoms with van der Waals surface area (Å²) in [6, 6.07) is 7.70. The fourth-order valence-corrected chi connectivity index (χ4v) is 5.11. The highest BCUT2D eigenvalue weighted by molar-refractivity contribution is 14.0. The Kier molecular flexibility index (Phi) is 9.98. The number of guanidine groups is 1. The molecule has 4 heterocycles. The molecule has 2 N–H and O–H groups in total. The first-order chi connectivity index (χ1) is 15.2. The molecule has 9 heteroatoms. The maximum Gasteiger partial charge on any atom is 0.191 e. The van der Waals surface area contributed by atoms with Crippen molar-refractivity contribution in [1.29, 1.82) is 0 Å². The predicted molar refractivity (Wildman–Crippen MR) is 142 cm³/mol. The second-order valence-electron chi connectivity index (χ2n) is 8.40. The van der Waals surface area contributed by atoms with E-state index in [0.29, 0.717) is 11.7 Å². The quantitative estimate of drug-likeness (QED) is 0.299.